The monoisotopic (exact) mass is 210 g/mol. The number of hydrogen-bond donors (Lipinski definition) is 2. The summed E-state index contributed by atoms with van der Waals surface area (Å²) in [7, 11) is 0. The fourth-order valence-corrected chi connectivity index (χ4v) is 2.24. The van der Waals surface area contributed by atoms with Gasteiger partial charge >= 0.3 is 0 Å². The first-order valence-electron chi connectivity index (χ1n) is 4.84. The van der Waals surface area contributed by atoms with Crippen molar-refractivity contribution in [3.63, 3.8) is 0 Å². The lowest BCUT2D eigenvalue weighted by Crippen LogP contribution is -2.38. The Balaban J connectivity index is 2.57. The van der Waals surface area contributed by atoms with Crippen LogP contribution in [0.4, 0.5) is 0 Å². The third-order valence-corrected chi connectivity index (χ3v) is 3.33. The Hall–Kier alpha value is -0.900. The molecule has 1 aromatic heterocycles. The highest BCUT2D eigenvalue weighted by atomic mass is 32.1. The predicted octanol–water partition coefficient (Wildman–Crippen LogP) is 1.78. The molecule has 76 valence electrons. The van der Waals surface area contributed by atoms with Crippen molar-refractivity contribution in [3.8, 4) is 0 Å². The van der Waals surface area contributed by atoms with E-state index >= 15 is 0 Å². The van der Waals surface area contributed by atoms with Crippen molar-refractivity contribution in [3.05, 3.63) is 17.3 Å². The zero-order valence-corrected chi connectivity index (χ0v) is 9.27. The van der Waals surface area contributed by atoms with Crippen LogP contribution in [0.1, 0.15) is 35.4 Å². The molecule has 1 aliphatic rings. The first-order valence-corrected chi connectivity index (χ1v) is 5.28. The number of nitrogens with one attached hydrogen (secondary N) is 1. The number of rotatable bonds is 1. The van der Waals surface area contributed by atoms with Gasteiger partial charge in [0.2, 0.25) is 0 Å². The second-order valence-corrected chi connectivity index (χ2v) is 4.10. The lowest BCUT2D eigenvalue weighted by atomic mass is 10.1. The molecular formula is C10H14N2OS. The van der Waals surface area contributed by atoms with E-state index < -0.39 is 0 Å². The highest BCUT2D eigenvalue weighted by Gasteiger charge is 2.26. The second-order valence-electron chi connectivity index (χ2n) is 3.68. The summed E-state index contributed by atoms with van der Waals surface area (Å²) in [6, 6.07) is 2.25. The van der Waals surface area contributed by atoms with Gasteiger partial charge in [-0.25, -0.2) is 0 Å². The summed E-state index contributed by atoms with van der Waals surface area (Å²) in [5.41, 5.74) is 1.81. The number of aryl methyl sites for hydroxylation is 1. The third-order valence-electron chi connectivity index (χ3n) is 2.76. The van der Waals surface area contributed by atoms with E-state index in [1.807, 2.05) is 17.6 Å². The molecule has 14 heavy (non-hydrogen) atoms. The van der Waals surface area contributed by atoms with Crippen LogP contribution in [-0.4, -0.2) is 17.0 Å². The molecule has 0 radical (unpaired) electrons. The van der Waals surface area contributed by atoms with Crippen molar-refractivity contribution in [1.29, 1.82) is 0 Å². The smallest absolute Gasteiger partial charge is 0.268 e. The topological polar surface area (TPSA) is 34.0 Å². The van der Waals surface area contributed by atoms with Crippen molar-refractivity contribution >= 4 is 18.5 Å². The Bertz CT molecular complexity index is 384. The largest absolute Gasteiger partial charge is 0.349 e. The lowest BCUT2D eigenvalue weighted by Gasteiger charge is -2.26. The number of hydrogen-bond acceptors (Lipinski definition) is 2. The van der Waals surface area contributed by atoms with Crippen molar-refractivity contribution < 1.29 is 4.79 Å². The van der Waals surface area contributed by atoms with E-state index in [-0.39, 0.29) is 5.91 Å². The highest BCUT2D eigenvalue weighted by molar-refractivity contribution is 7.80. The molecule has 0 saturated carbocycles. The number of carbonyl (C=O) groups excluding carboxylic acids is 1. The van der Waals surface area contributed by atoms with Crippen LogP contribution in [0.2, 0.25) is 0 Å². The molecule has 0 fully saturated rings. The van der Waals surface area contributed by atoms with E-state index in [9.17, 15) is 4.79 Å². The molecular weight excluding hydrogens is 196 g/mol. The van der Waals surface area contributed by atoms with Gasteiger partial charge in [0.05, 0.1) is 11.1 Å². The van der Waals surface area contributed by atoms with Crippen LogP contribution in [0, 0.1) is 6.92 Å². The molecule has 1 unspecified atom stereocenters. The summed E-state index contributed by atoms with van der Waals surface area (Å²) in [6.45, 7) is 4.81. The Kier molecular flexibility index (Phi) is 2.31. The quantitative estimate of drug-likeness (QED) is 0.681. The highest BCUT2D eigenvalue weighted by Crippen LogP contribution is 2.27. The zero-order valence-electron chi connectivity index (χ0n) is 8.37. The molecule has 0 bridgehead atoms. The van der Waals surface area contributed by atoms with Crippen molar-refractivity contribution in [2.45, 2.75) is 31.3 Å². The zero-order chi connectivity index (χ0) is 10.3. The van der Waals surface area contributed by atoms with Gasteiger partial charge in [0.15, 0.2) is 0 Å². The second kappa shape index (κ2) is 3.35. The summed E-state index contributed by atoms with van der Waals surface area (Å²) in [6.07, 6.45) is 1.01. The van der Waals surface area contributed by atoms with Crippen LogP contribution in [0.15, 0.2) is 11.1 Å². The average Bonchev–Trinajstić information content (AvgIpc) is 2.47. The molecule has 3 nitrogen and oxygen atoms in total. The van der Waals surface area contributed by atoms with Gasteiger partial charge in [0.25, 0.3) is 5.91 Å². The number of nitrogens with zero attached hydrogens (tertiary/aromatic N) is 1. The third kappa shape index (κ3) is 1.25. The van der Waals surface area contributed by atoms with E-state index in [1.54, 1.807) is 0 Å². The van der Waals surface area contributed by atoms with Crippen LogP contribution in [0.25, 0.3) is 0 Å². The Morgan fingerprint density at radius 3 is 3.07 bits per heavy atom. The number of carbonyl (C=O) groups is 1. The lowest BCUT2D eigenvalue weighted by molar-refractivity contribution is 0.0911. The maximum absolute atomic E-state index is 11.5. The summed E-state index contributed by atoms with van der Waals surface area (Å²) < 4.78 is 2.04. The molecule has 1 N–H and O–H groups in total. The Morgan fingerprint density at radius 2 is 2.43 bits per heavy atom. The number of fused-ring (bicyclic) bond motifs is 1. The summed E-state index contributed by atoms with van der Waals surface area (Å²) in [5, 5.41) is 3.80. The Labute approximate surface area is 88.9 Å². The molecule has 1 aromatic rings. The van der Waals surface area contributed by atoms with E-state index in [4.69, 9.17) is 0 Å². The van der Waals surface area contributed by atoms with Gasteiger partial charge in [-0.15, -0.1) is 12.6 Å². The van der Waals surface area contributed by atoms with Gasteiger partial charge in [-0.1, -0.05) is 6.92 Å². The summed E-state index contributed by atoms with van der Waals surface area (Å²) in [4.78, 5) is 11.5. The van der Waals surface area contributed by atoms with Crippen LogP contribution in [0.3, 0.4) is 0 Å². The molecule has 1 atom stereocenters. The summed E-state index contributed by atoms with van der Waals surface area (Å²) >= 11 is 4.44. The maximum Gasteiger partial charge on any atom is 0.268 e. The van der Waals surface area contributed by atoms with Gasteiger partial charge < -0.3 is 9.88 Å². The van der Waals surface area contributed by atoms with Crippen LogP contribution in [0.5, 0.6) is 0 Å². The number of thiol groups is 1. The van der Waals surface area contributed by atoms with Gasteiger partial charge in [0.1, 0.15) is 5.69 Å². The molecule has 1 amide bonds. The van der Waals surface area contributed by atoms with E-state index in [0.29, 0.717) is 12.6 Å². The fraction of sp³-hybridized carbons (Fsp3) is 0.500. The van der Waals surface area contributed by atoms with Crippen LogP contribution < -0.4 is 5.32 Å². The van der Waals surface area contributed by atoms with Gasteiger partial charge in [-0.2, -0.15) is 0 Å². The van der Waals surface area contributed by atoms with E-state index in [0.717, 1.165) is 22.7 Å². The van der Waals surface area contributed by atoms with Crippen molar-refractivity contribution in [2.75, 3.05) is 6.54 Å². The minimum Gasteiger partial charge on any atom is -0.349 e. The average molecular weight is 210 g/mol. The molecule has 0 spiro atoms. The summed E-state index contributed by atoms with van der Waals surface area (Å²) in [5.74, 6) is 0.0121. The number of aromatic nitrogens is 1. The molecule has 0 saturated heterocycles. The number of amides is 1. The normalized spacial score (nSPS) is 20.5. The first-order chi connectivity index (χ1) is 6.65. The Morgan fingerprint density at radius 1 is 1.71 bits per heavy atom. The van der Waals surface area contributed by atoms with Gasteiger partial charge in [-0.05, 0) is 25.0 Å². The standard InChI is InChI=1S/C10H14N2OS/c1-3-7-5-11-9(13)8-4-6(2)10(14)12(7)8/h4,7,14H,3,5H2,1-2H3,(H,11,13). The molecule has 4 heteroatoms. The van der Waals surface area contributed by atoms with E-state index in [1.165, 1.54) is 0 Å². The minimum absolute atomic E-state index is 0.0121. The fourth-order valence-electron chi connectivity index (χ4n) is 1.91. The van der Waals surface area contributed by atoms with E-state index in [2.05, 4.69) is 24.9 Å². The molecule has 0 aliphatic carbocycles. The van der Waals surface area contributed by atoms with Gasteiger partial charge in [-0.3, -0.25) is 4.79 Å². The maximum atomic E-state index is 11.5. The molecule has 2 rings (SSSR count). The van der Waals surface area contributed by atoms with Crippen molar-refractivity contribution in [2.24, 2.45) is 0 Å². The van der Waals surface area contributed by atoms with Crippen LogP contribution >= 0.6 is 12.6 Å². The SMILES string of the molecule is CCC1CNC(=O)c2cc(C)c(S)n21. The van der Waals surface area contributed by atoms with Crippen molar-refractivity contribution in [1.82, 2.24) is 9.88 Å². The first kappa shape index (κ1) is 9.65. The molecule has 1 aliphatic heterocycles. The predicted molar refractivity (Wildman–Crippen MR) is 58.1 cm³/mol. The molecule has 0 aromatic carbocycles. The van der Waals surface area contributed by atoms with Crippen LogP contribution in [-0.2, 0) is 0 Å². The molecule has 2 heterocycles. The minimum atomic E-state index is 0.0121. The van der Waals surface area contributed by atoms with Gasteiger partial charge in [0, 0.05) is 6.54 Å².